The first kappa shape index (κ1) is 20.2. The van der Waals surface area contributed by atoms with Gasteiger partial charge in [-0.2, -0.15) is 0 Å². The topological polar surface area (TPSA) is 67.4 Å². The molecule has 7 heteroatoms. The van der Waals surface area contributed by atoms with Gasteiger partial charge in [0.25, 0.3) is 0 Å². The number of morpholine rings is 1. The minimum atomic E-state index is 0.449. The lowest BCUT2D eigenvalue weighted by atomic mass is 10.2. The van der Waals surface area contributed by atoms with Crippen molar-refractivity contribution in [2.24, 2.45) is 4.99 Å². The van der Waals surface area contributed by atoms with Crippen LogP contribution in [0.3, 0.4) is 0 Å². The molecule has 0 saturated carbocycles. The van der Waals surface area contributed by atoms with Gasteiger partial charge in [0.1, 0.15) is 0 Å². The predicted octanol–water partition coefficient (Wildman–Crippen LogP) is 0.314. The van der Waals surface area contributed by atoms with E-state index in [9.17, 15) is 0 Å². The van der Waals surface area contributed by atoms with Gasteiger partial charge >= 0.3 is 0 Å². The van der Waals surface area contributed by atoms with Gasteiger partial charge in [0, 0.05) is 52.5 Å². The second kappa shape index (κ2) is 12.5. The van der Waals surface area contributed by atoms with Crippen LogP contribution in [0.2, 0.25) is 0 Å². The van der Waals surface area contributed by atoms with Crippen LogP contribution in [0.5, 0.6) is 0 Å². The molecule has 2 N–H and O–H groups in total. The number of rotatable bonds is 10. The van der Waals surface area contributed by atoms with Crippen molar-refractivity contribution in [3.05, 3.63) is 0 Å². The third-order valence-corrected chi connectivity index (χ3v) is 3.96. The molecule has 1 rings (SSSR count). The molecule has 0 aromatic heterocycles. The summed E-state index contributed by atoms with van der Waals surface area (Å²) in [6.07, 6.45) is 0.945. The number of nitrogens with zero attached hydrogens (tertiary/aromatic N) is 2. The lowest BCUT2D eigenvalue weighted by Gasteiger charge is -2.38. The molecule has 0 aromatic rings. The average Bonchev–Trinajstić information content (AvgIpc) is 2.57. The largest absolute Gasteiger partial charge is 0.382 e. The van der Waals surface area contributed by atoms with E-state index in [0.29, 0.717) is 25.3 Å². The van der Waals surface area contributed by atoms with E-state index < -0.39 is 0 Å². The van der Waals surface area contributed by atoms with E-state index in [1.807, 2.05) is 0 Å². The van der Waals surface area contributed by atoms with Crippen molar-refractivity contribution in [3.63, 3.8) is 0 Å². The Balaban J connectivity index is 2.13. The summed E-state index contributed by atoms with van der Waals surface area (Å²) in [5.41, 5.74) is 0. The summed E-state index contributed by atoms with van der Waals surface area (Å²) in [6, 6.07) is 0.921. The molecule has 2 atom stereocenters. The Kier molecular flexibility index (Phi) is 11.0. The molecule has 1 saturated heterocycles. The maximum absolute atomic E-state index is 5.49. The van der Waals surface area contributed by atoms with Gasteiger partial charge in [-0.05, 0) is 20.3 Å². The second-order valence-corrected chi connectivity index (χ2v) is 5.85. The van der Waals surface area contributed by atoms with Crippen LogP contribution >= 0.6 is 0 Å². The van der Waals surface area contributed by atoms with E-state index in [4.69, 9.17) is 14.2 Å². The highest BCUT2D eigenvalue weighted by Gasteiger charge is 2.23. The zero-order chi connectivity index (χ0) is 16.9. The Morgan fingerprint density at radius 2 is 2.17 bits per heavy atom. The fraction of sp³-hybridized carbons (Fsp3) is 0.938. The minimum absolute atomic E-state index is 0.449. The first-order chi connectivity index (χ1) is 11.2. The van der Waals surface area contributed by atoms with Crippen LogP contribution in [0.15, 0.2) is 4.99 Å². The maximum Gasteiger partial charge on any atom is 0.191 e. The van der Waals surface area contributed by atoms with E-state index in [2.05, 4.69) is 34.4 Å². The normalized spacial score (nSPS) is 21.2. The molecule has 0 spiro atoms. The van der Waals surface area contributed by atoms with Gasteiger partial charge in [-0.3, -0.25) is 9.89 Å². The number of hydrogen-bond donors (Lipinski definition) is 2. The van der Waals surface area contributed by atoms with Crippen molar-refractivity contribution >= 4 is 5.96 Å². The lowest BCUT2D eigenvalue weighted by molar-refractivity contribution is -0.0174. The highest BCUT2D eigenvalue weighted by Crippen LogP contribution is 2.09. The van der Waals surface area contributed by atoms with Crippen LogP contribution in [0.4, 0.5) is 0 Å². The minimum Gasteiger partial charge on any atom is -0.382 e. The smallest absolute Gasteiger partial charge is 0.191 e. The van der Waals surface area contributed by atoms with Crippen LogP contribution in [-0.2, 0) is 14.2 Å². The van der Waals surface area contributed by atoms with Crippen molar-refractivity contribution in [1.29, 1.82) is 0 Å². The van der Waals surface area contributed by atoms with Gasteiger partial charge in [-0.15, -0.1) is 0 Å². The molecule has 136 valence electrons. The number of guanidine groups is 1. The first-order valence-corrected chi connectivity index (χ1v) is 8.53. The van der Waals surface area contributed by atoms with Crippen molar-refractivity contribution in [1.82, 2.24) is 15.5 Å². The molecule has 0 aliphatic carbocycles. The van der Waals surface area contributed by atoms with Crippen molar-refractivity contribution in [3.8, 4) is 0 Å². The molecule has 1 aliphatic rings. The fourth-order valence-corrected chi connectivity index (χ4v) is 2.60. The predicted molar refractivity (Wildman–Crippen MR) is 93.1 cm³/mol. The van der Waals surface area contributed by atoms with E-state index in [1.54, 1.807) is 14.2 Å². The summed E-state index contributed by atoms with van der Waals surface area (Å²) in [5.74, 6) is 0.842. The Labute approximate surface area is 140 Å². The van der Waals surface area contributed by atoms with Crippen LogP contribution in [0.25, 0.3) is 0 Å². The van der Waals surface area contributed by atoms with Crippen molar-refractivity contribution in [2.45, 2.75) is 32.4 Å². The molecule has 1 heterocycles. The zero-order valence-corrected chi connectivity index (χ0v) is 15.1. The van der Waals surface area contributed by atoms with Crippen molar-refractivity contribution in [2.75, 3.05) is 66.8 Å². The molecule has 7 nitrogen and oxygen atoms in total. The Morgan fingerprint density at radius 1 is 1.35 bits per heavy atom. The van der Waals surface area contributed by atoms with Gasteiger partial charge in [-0.25, -0.2) is 0 Å². The summed E-state index contributed by atoms with van der Waals surface area (Å²) in [6.45, 7) is 10.8. The Morgan fingerprint density at radius 3 is 2.87 bits per heavy atom. The molecule has 1 fully saturated rings. The van der Waals surface area contributed by atoms with Gasteiger partial charge in [0.15, 0.2) is 5.96 Å². The summed E-state index contributed by atoms with van der Waals surface area (Å²) >= 11 is 0. The lowest BCUT2D eigenvalue weighted by Crippen LogP contribution is -2.53. The summed E-state index contributed by atoms with van der Waals surface area (Å²) in [5, 5.41) is 6.71. The van der Waals surface area contributed by atoms with E-state index in [1.165, 1.54) is 0 Å². The monoisotopic (exact) mass is 330 g/mol. The molecule has 0 bridgehead atoms. The molecule has 0 amide bonds. The number of aliphatic imine (C=N–C) groups is 1. The quantitative estimate of drug-likeness (QED) is 0.341. The van der Waals surface area contributed by atoms with Gasteiger partial charge in [0.05, 0.1) is 26.4 Å². The van der Waals surface area contributed by atoms with Crippen molar-refractivity contribution < 1.29 is 14.2 Å². The standard InChI is InChI=1S/C16H34N4O3/c1-14(20-7-9-23-13-15(20)2)12-19-16(17-3)18-6-5-8-22-11-10-21-4/h14-15H,5-13H2,1-4H3,(H2,17,18,19). The fourth-order valence-electron chi connectivity index (χ4n) is 2.60. The molecular weight excluding hydrogens is 296 g/mol. The third kappa shape index (κ3) is 8.50. The van der Waals surface area contributed by atoms with E-state index in [0.717, 1.165) is 51.8 Å². The molecular formula is C16H34N4O3. The SMILES string of the molecule is CN=C(NCCCOCCOC)NCC(C)N1CCOCC1C. The second-order valence-electron chi connectivity index (χ2n) is 5.85. The first-order valence-electron chi connectivity index (χ1n) is 8.53. The highest BCUT2D eigenvalue weighted by molar-refractivity contribution is 5.79. The molecule has 0 aromatic carbocycles. The molecule has 1 aliphatic heterocycles. The van der Waals surface area contributed by atoms with E-state index in [-0.39, 0.29) is 0 Å². The third-order valence-electron chi connectivity index (χ3n) is 3.96. The van der Waals surface area contributed by atoms with Gasteiger partial charge in [0.2, 0.25) is 0 Å². The Hall–Kier alpha value is -0.890. The van der Waals surface area contributed by atoms with Gasteiger partial charge < -0.3 is 24.8 Å². The highest BCUT2D eigenvalue weighted by atomic mass is 16.5. The van der Waals surface area contributed by atoms with Gasteiger partial charge in [-0.1, -0.05) is 0 Å². The van der Waals surface area contributed by atoms with Crippen LogP contribution in [0.1, 0.15) is 20.3 Å². The summed E-state index contributed by atoms with van der Waals surface area (Å²) < 4.78 is 15.9. The molecule has 0 radical (unpaired) electrons. The Bertz CT molecular complexity index is 328. The van der Waals surface area contributed by atoms with Crippen LogP contribution in [0, 0.1) is 0 Å². The number of ether oxygens (including phenoxy) is 3. The number of hydrogen-bond acceptors (Lipinski definition) is 5. The number of nitrogens with one attached hydrogen (secondary N) is 2. The summed E-state index contributed by atoms with van der Waals surface area (Å²) in [4.78, 5) is 6.74. The molecule has 2 unspecified atom stereocenters. The average molecular weight is 330 g/mol. The number of methoxy groups -OCH3 is 1. The van der Waals surface area contributed by atoms with E-state index >= 15 is 0 Å². The van der Waals surface area contributed by atoms with Crippen LogP contribution in [-0.4, -0.2) is 89.8 Å². The maximum atomic E-state index is 5.49. The van der Waals surface area contributed by atoms with Crippen LogP contribution < -0.4 is 10.6 Å². The zero-order valence-electron chi connectivity index (χ0n) is 15.1. The molecule has 23 heavy (non-hydrogen) atoms. The summed E-state index contributed by atoms with van der Waals surface area (Å²) in [7, 11) is 3.48.